The van der Waals surface area contributed by atoms with Crippen LogP contribution in [-0.4, -0.2) is 6.04 Å². The van der Waals surface area contributed by atoms with Gasteiger partial charge in [0.1, 0.15) is 0 Å². The van der Waals surface area contributed by atoms with Gasteiger partial charge in [-0.1, -0.05) is 47.9 Å². The molecule has 0 spiro atoms. The van der Waals surface area contributed by atoms with Crippen molar-refractivity contribution in [3.63, 3.8) is 0 Å². The van der Waals surface area contributed by atoms with E-state index in [4.69, 9.17) is 5.73 Å². The van der Waals surface area contributed by atoms with E-state index in [1.165, 1.54) is 48.8 Å². The molecule has 0 saturated carbocycles. The van der Waals surface area contributed by atoms with Crippen LogP contribution in [0.3, 0.4) is 0 Å². The largest absolute Gasteiger partial charge is 0.324 e. The van der Waals surface area contributed by atoms with Crippen LogP contribution < -0.4 is 5.73 Å². The lowest BCUT2D eigenvalue weighted by atomic mass is 9.96. The Morgan fingerprint density at radius 3 is 2.94 bits per heavy atom. The number of aryl methyl sites for hydroxylation is 1. The van der Waals surface area contributed by atoms with Crippen LogP contribution in [0, 0.1) is 6.92 Å². The minimum absolute atomic E-state index is 0.217. The number of rotatable bonds is 3. The number of allylic oxidation sites excluding steroid dienone is 1. The zero-order chi connectivity index (χ0) is 12.1. The molecule has 1 unspecified atom stereocenters. The van der Waals surface area contributed by atoms with Gasteiger partial charge in [0.05, 0.1) is 0 Å². The van der Waals surface area contributed by atoms with Gasteiger partial charge in [-0.15, -0.1) is 0 Å². The highest BCUT2D eigenvalue weighted by molar-refractivity contribution is 5.25. The fraction of sp³-hybridized carbons (Fsp3) is 0.500. The van der Waals surface area contributed by atoms with Gasteiger partial charge in [0.2, 0.25) is 0 Å². The Labute approximate surface area is 105 Å². The molecular weight excluding hydrogens is 206 g/mol. The molecule has 1 aliphatic carbocycles. The molecule has 0 bridgehead atoms. The van der Waals surface area contributed by atoms with E-state index in [1.807, 2.05) is 0 Å². The lowest BCUT2D eigenvalue weighted by Gasteiger charge is -2.15. The molecule has 1 aliphatic rings. The highest BCUT2D eigenvalue weighted by atomic mass is 14.6. The molecule has 0 heterocycles. The summed E-state index contributed by atoms with van der Waals surface area (Å²) in [5, 5.41) is 0. The fourth-order valence-corrected chi connectivity index (χ4v) is 2.60. The number of benzene rings is 1. The van der Waals surface area contributed by atoms with E-state index < -0.39 is 0 Å². The van der Waals surface area contributed by atoms with Gasteiger partial charge in [-0.2, -0.15) is 0 Å². The normalized spacial score (nSPS) is 18.4. The van der Waals surface area contributed by atoms with Crippen LogP contribution in [0.4, 0.5) is 0 Å². The van der Waals surface area contributed by atoms with Crippen LogP contribution in [0.15, 0.2) is 35.9 Å². The number of hydrogen-bond donors (Lipinski definition) is 1. The lowest BCUT2D eigenvalue weighted by Crippen LogP contribution is -2.25. The van der Waals surface area contributed by atoms with Crippen molar-refractivity contribution >= 4 is 0 Å². The quantitative estimate of drug-likeness (QED) is 0.785. The first kappa shape index (κ1) is 12.4. The summed E-state index contributed by atoms with van der Waals surface area (Å²) in [5.74, 6) is 0. The summed E-state index contributed by atoms with van der Waals surface area (Å²) in [7, 11) is 0. The minimum atomic E-state index is 0.217. The molecule has 1 atom stereocenters. The van der Waals surface area contributed by atoms with Crippen LogP contribution in [0.2, 0.25) is 0 Å². The SMILES string of the molecule is Cc1cccc(CC(N)C2=CCCCCC2)c1. The van der Waals surface area contributed by atoms with E-state index in [-0.39, 0.29) is 6.04 Å². The van der Waals surface area contributed by atoms with E-state index in [0.29, 0.717) is 0 Å². The van der Waals surface area contributed by atoms with E-state index in [1.54, 1.807) is 0 Å². The van der Waals surface area contributed by atoms with Gasteiger partial charge in [0.25, 0.3) is 0 Å². The topological polar surface area (TPSA) is 26.0 Å². The molecule has 92 valence electrons. The van der Waals surface area contributed by atoms with Crippen molar-refractivity contribution in [2.75, 3.05) is 0 Å². The predicted molar refractivity (Wildman–Crippen MR) is 74.0 cm³/mol. The maximum Gasteiger partial charge on any atom is 0.0294 e. The first-order chi connectivity index (χ1) is 8.25. The van der Waals surface area contributed by atoms with Crippen LogP contribution in [0.25, 0.3) is 0 Å². The molecule has 1 heteroatoms. The standard InChI is InChI=1S/C16H23N/c1-13-7-6-8-14(11-13)12-16(17)15-9-4-2-3-5-10-15/h6-9,11,16H,2-5,10,12,17H2,1H3. The summed E-state index contributed by atoms with van der Waals surface area (Å²) in [4.78, 5) is 0. The average molecular weight is 229 g/mol. The molecule has 0 aliphatic heterocycles. The van der Waals surface area contributed by atoms with E-state index >= 15 is 0 Å². The van der Waals surface area contributed by atoms with Crippen LogP contribution in [-0.2, 0) is 6.42 Å². The second kappa shape index (κ2) is 6.02. The Morgan fingerprint density at radius 1 is 1.24 bits per heavy atom. The molecule has 0 fully saturated rings. The summed E-state index contributed by atoms with van der Waals surface area (Å²) in [6, 6.07) is 8.91. The molecule has 2 rings (SSSR count). The molecule has 0 radical (unpaired) electrons. The smallest absolute Gasteiger partial charge is 0.0294 e. The lowest BCUT2D eigenvalue weighted by molar-refractivity contribution is 0.671. The first-order valence-electron chi connectivity index (χ1n) is 6.76. The maximum atomic E-state index is 6.33. The zero-order valence-electron chi connectivity index (χ0n) is 10.8. The van der Waals surface area contributed by atoms with Crippen molar-refractivity contribution in [3.05, 3.63) is 47.0 Å². The number of hydrogen-bond acceptors (Lipinski definition) is 1. The van der Waals surface area contributed by atoms with Gasteiger partial charge in [-0.3, -0.25) is 0 Å². The van der Waals surface area contributed by atoms with Crippen molar-refractivity contribution in [2.24, 2.45) is 5.73 Å². The van der Waals surface area contributed by atoms with Crippen LogP contribution in [0.1, 0.15) is 43.2 Å². The van der Waals surface area contributed by atoms with E-state index in [2.05, 4.69) is 37.3 Å². The second-order valence-electron chi connectivity index (χ2n) is 5.18. The molecule has 2 N–H and O–H groups in total. The van der Waals surface area contributed by atoms with Crippen LogP contribution in [0.5, 0.6) is 0 Å². The molecule has 0 saturated heterocycles. The van der Waals surface area contributed by atoms with E-state index in [9.17, 15) is 0 Å². The highest BCUT2D eigenvalue weighted by Gasteiger charge is 2.11. The van der Waals surface area contributed by atoms with Gasteiger partial charge < -0.3 is 5.73 Å². The zero-order valence-corrected chi connectivity index (χ0v) is 10.8. The Morgan fingerprint density at radius 2 is 2.12 bits per heavy atom. The Hall–Kier alpha value is -1.08. The predicted octanol–water partition coefficient (Wildman–Crippen LogP) is 3.76. The van der Waals surface area contributed by atoms with Crippen molar-refractivity contribution in [1.29, 1.82) is 0 Å². The molecule has 17 heavy (non-hydrogen) atoms. The van der Waals surface area contributed by atoms with Gasteiger partial charge in [0.15, 0.2) is 0 Å². The molecular formula is C16H23N. The van der Waals surface area contributed by atoms with Gasteiger partial charge >= 0.3 is 0 Å². The first-order valence-corrected chi connectivity index (χ1v) is 6.76. The second-order valence-corrected chi connectivity index (χ2v) is 5.18. The maximum absolute atomic E-state index is 6.33. The monoisotopic (exact) mass is 229 g/mol. The highest BCUT2D eigenvalue weighted by Crippen LogP contribution is 2.21. The molecule has 1 aromatic rings. The van der Waals surface area contributed by atoms with Crippen molar-refractivity contribution < 1.29 is 0 Å². The molecule has 0 aromatic heterocycles. The van der Waals surface area contributed by atoms with E-state index in [0.717, 1.165) is 6.42 Å². The minimum Gasteiger partial charge on any atom is -0.324 e. The average Bonchev–Trinajstić information content (AvgIpc) is 2.57. The van der Waals surface area contributed by atoms with Gasteiger partial charge in [-0.25, -0.2) is 0 Å². The molecule has 1 aromatic carbocycles. The third-order valence-corrected chi connectivity index (χ3v) is 3.59. The Bertz CT molecular complexity index is 392. The van der Waals surface area contributed by atoms with Crippen molar-refractivity contribution in [2.45, 2.75) is 51.5 Å². The molecule has 1 nitrogen and oxygen atoms in total. The summed E-state index contributed by atoms with van der Waals surface area (Å²) < 4.78 is 0. The van der Waals surface area contributed by atoms with Crippen LogP contribution >= 0.6 is 0 Å². The van der Waals surface area contributed by atoms with Gasteiger partial charge in [-0.05, 0) is 44.6 Å². The summed E-state index contributed by atoms with van der Waals surface area (Å²) >= 11 is 0. The Kier molecular flexibility index (Phi) is 4.38. The molecule has 0 amide bonds. The summed E-state index contributed by atoms with van der Waals surface area (Å²) in [6.07, 6.45) is 9.79. The summed E-state index contributed by atoms with van der Waals surface area (Å²) in [5.41, 5.74) is 10.5. The fourth-order valence-electron chi connectivity index (χ4n) is 2.60. The third-order valence-electron chi connectivity index (χ3n) is 3.59. The van der Waals surface area contributed by atoms with Crippen molar-refractivity contribution in [3.8, 4) is 0 Å². The van der Waals surface area contributed by atoms with Gasteiger partial charge in [0, 0.05) is 6.04 Å². The Balaban J connectivity index is 2.00. The number of nitrogens with two attached hydrogens (primary N) is 1. The third kappa shape index (κ3) is 3.71. The van der Waals surface area contributed by atoms with Crippen molar-refractivity contribution in [1.82, 2.24) is 0 Å². The summed E-state index contributed by atoms with van der Waals surface area (Å²) in [6.45, 7) is 2.14.